The molecule has 0 unspecified atom stereocenters. The third-order valence-electron chi connectivity index (χ3n) is 6.91. The summed E-state index contributed by atoms with van der Waals surface area (Å²) < 4.78 is 27.3. The number of nitrogens with zero attached hydrogens (tertiary/aromatic N) is 2. The van der Waals surface area contributed by atoms with E-state index in [1.807, 2.05) is 0 Å². The first kappa shape index (κ1) is 24.5. The second kappa shape index (κ2) is 10.6. The number of carbonyl (C=O) groups is 1. The number of hydrogen-bond donors (Lipinski definition) is 1. The zero-order valence-corrected chi connectivity index (χ0v) is 20.4. The third-order valence-corrected chi connectivity index (χ3v) is 9.44. The largest absolute Gasteiger partial charge is 0.350 e. The molecule has 0 radical (unpaired) electrons. The maximum atomic E-state index is 13.0. The normalized spacial score (nSPS) is 20.0. The minimum Gasteiger partial charge on any atom is -0.350 e. The van der Waals surface area contributed by atoms with Crippen LogP contribution in [0.15, 0.2) is 23.1 Å². The van der Waals surface area contributed by atoms with Gasteiger partial charge in [0.1, 0.15) is 4.90 Å². The van der Waals surface area contributed by atoms with Crippen LogP contribution in [0.25, 0.3) is 0 Å². The van der Waals surface area contributed by atoms with Gasteiger partial charge in [-0.2, -0.15) is 4.31 Å². The molecule has 0 bridgehead atoms. The van der Waals surface area contributed by atoms with Gasteiger partial charge in [-0.25, -0.2) is 8.42 Å². The third kappa shape index (κ3) is 5.44. The fourth-order valence-electron chi connectivity index (χ4n) is 5.07. The summed E-state index contributed by atoms with van der Waals surface area (Å²) in [7, 11) is -3.74. The molecule has 1 aliphatic heterocycles. The summed E-state index contributed by atoms with van der Waals surface area (Å²) in [4.78, 5) is 15.6. The van der Waals surface area contributed by atoms with E-state index in [2.05, 4.69) is 10.2 Å². The molecule has 31 heavy (non-hydrogen) atoms. The van der Waals surface area contributed by atoms with Gasteiger partial charge in [0, 0.05) is 30.7 Å². The van der Waals surface area contributed by atoms with Gasteiger partial charge in [0.15, 0.2) is 0 Å². The Morgan fingerprint density at radius 1 is 1.06 bits per heavy atom. The van der Waals surface area contributed by atoms with Crippen LogP contribution in [0.5, 0.6) is 0 Å². The standard InChI is InChI=1S/C23H36ClN3O3S/c1-3-27(4-2)31(29,30)21-17-19(11-12-20(21)24)22(28)25-18-23(13-7-5-8-14-23)26-15-9-6-10-16-26/h11-12,17H,3-10,13-16,18H2,1-2H3,(H,25,28). The van der Waals surface area contributed by atoms with E-state index in [1.165, 1.54) is 55.0 Å². The van der Waals surface area contributed by atoms with Gasteiger partial charge in [-0.15, -0.1) is 0 Å². The number of piperidine rings is 1. The predicted molar refractivity (Wildman–Crippen MR) is 125 cm³/mol. The van der Waals surface area contributed by atoms with Gasteiger partial charge in [-0.3, -0.25) is 9.69 Å². The van der Waals surface area contributed by atoms with Crippen LogP contribution < -0.4 is 5.32 Å². The Hall–Kier alpha value is -1.15. The highest BCUT2D eigenvalue weighted by atomic mass is 35.5. The van der Waals surface area contributed by atoms with Crippen LogP contribution in [0, 0.1) is 0 Å². The van der Waals surface area contributed by atoms with Crippen molar-refractivity contribution in [2.24, 2.45) is 0 Å². The van der Waals surface area contributed by atoms with Gasteiger partial charge in [-0.05, 0) is 57.0 Å². The molecule has 1 heterocycles. The lowest BCUT2D eigenvalue weighted by Crippen LogP contribution is -2.58. The molecule has 2 fully saturated rings. The first-order chi connectivity index (χ1) is 14.8. The van der Waals surface area contributed by atoms with Crippen LogP contribution in [0.2, 0.25) is 5.02 Å². The van der Waals surface area contributed by atoms with Crippen molar-refractivity contribution in [2.75, 3.05) is 32.7 Å². The number of hydrogen-bond acceptors (Lipinski definition) is 4. The summed E-state index contributed by atoms with van der Waals surface area (Å²) in [5, 5.41) is 3.27. The van der Waals surface area contributed by atoms with Crippen molar-refractivity contribution in [3.63, 3.8) is 0 Å². The van der Waals surface area contributed by atoms with E-state index in [9.17, 15) is 13.2 Å². The van der Waals surface area contributed by atoms with Crippen molar-refractivity contribution in [1.82, 2.24) is 14.5 Å². The van der Waals surface area contributed by atoms with E-state index in [0.29, 0.717) is 25.2 Å². The number of likely N-dealkylation sites (tertiary alicyclic amines) is 1. The van der Waals surface area contributed by atoms with Gasteiger partial charge in [0.05, 0.1) is 5.02 Å². The Morgan fingerprint density at radius 2 is 1.68 bits per heavy atom. The zero-order valence-electron chi connectivity index (χ0n) is 18.8. The number of sulfonamides is 1. The first-order valence-electron chi connectivity index (χ1n) is 11.7. The monoisotopic (exact) mass is 469 g/mol. The van der Waals surface area contributed by atoms with Gasteiger partial charge < -0.3 is 5.32 Å². The average molecular weight is 470 g/mol. The highest BCUT2D eigenvalue weighted by Crippen LogP contribution is 2.35. The van der Waals surface area contributed by atoms with Gasteiger partial charge >= 0.3 is 0 Å². The molecule has 1 aliphatic carbocycles. The van der Waals surface area contributed by atoms with Gasteiger partial charge in [-0.1, -0.05) is 51.1 Å². The first-order valence-corrected chi connectivity index (χ1v) is 13.5. The molecule has 1 aromatic carbocycles. The Kier molecular flexibility index (Phi) is 8.41. The summed E-state index contributed by atoms with van der Waals surface area (Å²) in [6.45, 7) is 7.08. The molecule has 1 amide bonds. The number of nitrogens with one attached hydrogen (secondary N) is 1. The maximum Gasteiger partial charge on any atom is 0.251 e. The summed E-state index contributed by atoms with van der Waals surface area (Å²) >= 11 is 6.22. The molecule has 8 heteroatoms. The molecule has 0 atom stereocenters. The highest BCUT2D eigenvalue weighted by molar-refractivity contribution is 7.89. The molecule has 1 saturated carbocycles. The zero-order chi connectivity index (χ0) is 22.5. The van der Waals surface area contributed by atoms with Crippen molar-refractivity contribution in [1.29, 1.82) is 0 Å². The van der Waals surface area contributed by atoms with E-state index >= 15 is 0 Å². The van der Waals surface area contributed by atoms with E-state index < -0.39 is 10.0 Å². The predicted octanol–water partition coefficient (Wildman–Crippen LogP) is 4.29. The quantitative estimate of drug-likeness (QED) is 0.616. The SMILES string of the molecule is CCN(CC)S(=O)(=O)c1cc(C(=O)NCC2(N3CCCCC3)CCCCC2)ccc1Cl. The second-order valence-electron chi connectivity index (χ2n) is 8.75. The highest BCUT2D eigenvalue weighted by Gasteiger charge is 2.38. The Morgan fingerprint density at radius 3 is 2.29 bits per heavy atom. The van der Waals surface area contributed by atoms with Gasteiger partial charge in [0.25, 0.3) is 5.91 Å². The molecule has 1 N–H and O–H groups in total. The van der Waals surface area contributed by atoms with E-state index in [-0.39, 0.29) is 21.4 Å². The Balaban J connectivity index is 1.78. The van der Waals surface area contributed by atoms with Crippen LogP contribution in [0.3, 0.4) is 0 Å². The summed E-state index contributed by atoms with van der Waals surface area (Å²) in [6, 6.07) is 4.53. The van der Waals surface area contributed by atoms with E-state index in [0.717, 1.165) is 25.9 Å². The molecule has 6 nitrogen and oxygen atoms in total. The van der Waals surface area contributed by atoms with Crippen LogP contribution >= 0.6 is 11.6 Å². The molecular weight excluding hydrogens is 434 g/mol. The minimum absolute atomic E-state index is 0.00562. The Labute approximate surface area is 192 Å². The molecule has 2 aliphatic rings. The van der Waals surface area contributed by atoms with Gasteiger partial charge in [0.2, 0.25) is 10.0 Å². The Bertz CT molecular complexity index is 859. The smallest absolute Gasteiger partial charge is 0.251 e. The molecule has 3 rings (SSSR count). The molecule has 174 valence electrons. The lowest BCUT2D eigenvalue weighted by molar-refractivity contribution is 0.0326. The lowest BCUT2D eigenvalue weighted by Gasteiger charge is -2.48. The summed E-state index contributed by atoms with van der Waals surface area (Å²) in [6.07, 6.45) is 9.59. The van der Waals surface area contributed by atoms with E-state index in [4.69, 9.17) is 11.6 Å². The van der Waals surface area contributed by atoms with Crippen LogP contribution in [0.4, 0.5) is 0 Å². The number of carbonyl (C=O) groups excluding carboxylic acids is 1. The fraction of sp³-hybridized carbons (Fsp3) is 0.696. The lowest BCUT2D eigenvalue weighted by atomic mass is 9.79. The van der Waals surface area contributed by atoms with Crippen molar-refractivity contribution in [3.8, 4) is 0 Å². The molecule has 0 aromatic heterocycles. The van der Waals surface area contributed by atoms with Crippen molar-refractivity contribution < 1.29 is 13.2 Å². The summed E-state index contributed by atoms with van der Waals surface area (Å²) in [5.41, 5.74) is 0.358. The number of halogens is 1. The minimum atomic E-state index is -3.74. The summed E-state index contributed by atoms with van der Waals surface area (Å²) in [5.74, 6) is -0.241. The fourth-order valence-corrected chi connectivity index (χ4v) is 7.03. The van der Waals surface area contributed by atoms with Crippen LogP contribution in [-0.2, 0) is 10.0 Å². The average Bonchev–Trinajstić information content (AvgIpc) is 2.79. The molecule has 1 saturated heterocycles. The molecular formula is C23H36ClN3O3S. The topological polar surface area (TPSA) is 69.7 Å². The van der Waals surface area contributed by atoms with Crippen molar-refractivity contribution >= 4 is 27.5 Å². The van der Waals surface area contributed by atoms with Crippen molar-refractivity contribution in [2.45, 2.75) is 75.6 Å². The maximum absolute atomic E-state index is 13.0. The number of rotatable bonds is 8. The number of amides is 1. The number of benzene rings is 1. The van der Waals surface area contributed by atoms with E-state index in [1.54, 1.807) is 19.9 Å². The van der Waals surface area contributed by atoms with Crippen LogP contribution in [-0.4, -0.2) is 61.8 Å². The van der Waals surface area contributed by atoms with Crippen molar-refractivity contribution in [3.05, 3.63) is 28.8 Å². The molecule has 0 spiro atoms. The van der Waals surface area contributed by atoms with Crippen LogP contribution in [0.1, 0.15) is 75.6 Å². The second-order valence-corrected chi connectivity index (χ2v) is 11.1. The molecule has 1 aromatic rings.